The van der Waals surface area contributed by atoms with E-state index in [0.717, 1.165) is 5.75 Å². The molecule has 0 saturated heterocycles. The summed E-state index contributed by atoms with van der Waals surface area (Å²) in [6.07, 6.45) is -0.0569. The van der Waals surface area contributed by atoms with E-state index >= 15 is 0 Å². The lowest BCUT2D eigenvalue weighted by atomic mass is 9.86. The minimum absolute atomic E-state index is 0.0569. The molecule has 2 aromatic rings. The first-order chi connectivity index (χ1) is 11.0. The number of benzene rings is 1. The van der Waals surface area contributed by atoms with Gasteiger partial charge in [0.2, 0.25) is 5.91 Å². The average molecular weight is 354 g/mol. The van der Waals surface area contributed by atoms with Gasteiger partial charge in [-0.2, -0.15) is 0 Å². The van der Waals surface area contributed by atoms with Gasteiger partial charge < -0.3 is 10.3 Å². The standard InChI is InChI=1S/C15H13ClFN3O2S/c1-2-23-15-19-13-12(14(22)20-15)7(6-10(21)18-13)11-8(16)4-3-5-9(11)17/h3-5,7H,2,6H2,1H3,(H2,18,19,20,21,22)/t7-/m1/s1. The van der Waals surface area contributed by atoms with Crippen molar-refractivity contribution in [2.45, 2.75) is 24.4 Å². The number of H-pyrrole nitrogens is 1. The van der Waals surface area contributed by atoms with Crippen molar-refractivity contribution in [1.29, 1.82) is 0 Å². The van der Waals surface area contributed by atoms with Crippen LogP contribution in [0.3, 0.4) is 0 Å². The molecule has 0 bridgehead atoms. The molecule has 0 saturated carbocycles. The molecule has 1 amide bonds. The third kappa shape index (κ3) is 2.98. The normalized spacial score (nSPS) is 16.8. The number of rotatable bonds is 3. The molecule has 23 heavy (non-hydrogen) atoms. The Bertz CT molecular complexity index is 820. The lowest BCUT2D eigenvalue weighted by Gasteiger charge is -2.25. The molecular formula is C15H13ClFN3O2S. The van der Waals surface area contributed by atoms with Gasteiger partial charge in [-0.15, -0.1) is 0 Å². The fraction of sp³-hybridized carbons (Fsp3) is 0.267. The molecule has 1 aromatic heterocycles. The maximum Gasteiger partial charge on any atom is 0.257 e. The molecule has 120 valence electrons. The van der Waals surface area contributed by atoms with Crippen molar-refractivity contribution in [3.63, 3.8) is 0 Å². The summed E-state index contributed by atoms with van der Waals surface area (Å²) in [7, 11) is 0. The number of nitrogens with one attached hydrogen (secondary N) is 2. The number of halogens is 2. The summed E-state index contributed by atoms with van der Waals surface area (Å²) < 4.78 is 14.2. The summed E-state index contributed by atoms with van der Waals surface area (Å²) in [4.78, 5) is 31.4. The summed E-state index contributed by atoms with van der Waals surface area (Å²) in [5.74, 6) is -0.741. The molecule has 0 radical (unpaired) electrons. The fourth-order valence-corrected chi connectivity index (χ4v) is 3.53. The van der Waals surface area contributed by atoms with E-state index in [-0.39, 0.29) is 34.3 Å². The third-order valence-electron chi connectivity index (χ3n) is 3.56. The quantitative estimate of drug-likeness (QED) is 0.656. The van der Waals surface area contributed by atoms with Crippen molar-refractivity contribution in [2.24, 2.45) is 0 Å². The Kier molecular flexibility index (Phi) is 4.41. The summed E-state index contributed by atoms with van der Waals surface area (Å²) in [5.41, 5.74) is -0.0132. The molecular weight excluding hydrogens is 341 g/mol. The van der Waals surface area contributed by atoms with Crippen molar-refractivity contribution in [2.75, 3.05) is 11.1 Å². The Morgan fingerprint density at radius 2 is 2.17 bits per heavy atom. The van der Waals surface area contributed by atoms with Crippen molar-refractivity contribution in [3.8, 4) is 0 Å². The van der Waals surface area contributed by atoms with Gasteiger partial charge in [0, 0.05) is 22.9 Å². The Morgan fingerprint density at radius 1 is 1.39 bits per heavy atom. The summed E-state index contributed by atoms with van der Waals surface area (Å²) in [6.45, 7) is 1.92. The van der Waals surface area contributed by atoms with Gasteiger partial charge in [-0.25, -0.2) is 9.37 Å². The third-order valence-corrected chi connectivity index (χ3v) is 4.64. The second-order valence-corrected chi connectivity index (χ2v) is 6.67. The number of aromatic nitrogens is 2. The number of aromatic amines is 1. The Hall–Kier alpha value is -1.86. The number of carbonyl (C=O) groups excluding carboxylic acids is 1. The van der Waals surface area contributed by atoms with E-state index in [1.807, 2.05) is 6.92 Å². The minimum atomic E-state index is -0.760. The summed E-state index contributed by atoms with van der Waals surface area (Å²) in [5, 5.41) is 3.19. The van der Waals surface area contributed by atoms with Crippen LogP contribution < -0.4 is 10.9 Å². The number of nitrogens with zero attached hydrogens (tertiary/aromatic N) is 1. The van der Waals surface area contributed by atoms with Crippen LogP contribution in [0.2, 0.25) is 5.02 Å². The summed E-state index contributed by atoms with van der Waals surface area (Å²) in [6, 6.07) is 4.28. The van der Waals surface area contributed by atoms with E-state index in [1.165, 1.54) is 30.0 Å². The lowest BCUT2D eigenvalue weighted by molar-refractivity contribution is -0.116. The maximum absolute atomic E-state index is 14.2. The highest BCUT2D eigenvalue weighted by molar-refractivity contribution is 7.99. The molecule has 2 N–H and O–H groups in total. The van der Waals surface area contributed by atoms with E-state index in [9.17, 15) is 14.0 Å². The van der Waals surface area contributed by atoms with E-state index < -0.39 is 17.3 Å². The van der Waals surface area contributed by atoms with Crippen LogP contribution in [0, 0.1) is 5.82 Å². The van der Waals surface area contributed by atoms with Crippen LogP contribution in [0.25, 0.3) is 0 Å². The molecule has 3 rings (SSSR count). The number of hydrogen-bond acceptors (Lipinski definition) is 4. The van der Waals surface area contributed by atoms with Gasteiger partial charge in [0.25, 0.3) is 5.56 Å². The first-order valence-electron chi connectivity index (χ1n) is 7.02. The van der Waals surface area contributed by atoms with Crippen molar-refractivity contribution < 1.29 is 9.18 Å². The van der Waals surface area contributed by atoms with E-state index in [0.29, 0.717) is 5.16 Å². The van der Waals surface area contributed by atoms with Crippen LogP contribution in [0.4, 0.5) is 10.2 Å². The van der Waals surface area contributed by atoms with Crippen LogP contribution in [-0.2, 0) is 4.79 Å². The molecule has 1 atom stereocenters. The van der Waals surface area contributed by atoms with Gasteiger partial charge in [-0.1, -0.05) is 36.4 Å². The molecule has 8 heteroatoms. The maximum atomic E-state index is 14.2. The SMILES string of the molecule is CCSc1nc2c(c(=O)[nH]1)[C@@H](c1c(F)cccc1Cl)CC(=O)N2. The van der Waals surface area contributed by atoms with E-state index in [4.69, 9.17) is 11.6 Å². The van der Waals surface area contributed by atoms with Gasteiger partial charge >= 0.3 is 0 Å². The molecule has 2 heterocycles. The van der Waals surface area contributed by atoms with Crippen molar-refractivity contribution in [1.82, 2.24) is 9.97 Å². The van der Waals surface area contributed by atoms with Crippen molar-refractivity contribution >= 4 is 35.1 Å². The molecule has 1 aliphatic rings. The average Bonchev–Trinajstić information content (AvgIpc) is 2.46. The first kappa shape index (κ1) is 16.0. The number of hydrogen-bond donors (Lipinski definition) is 2. The lowest BCUT2D eigenvalue weighted by Crippen LogP contribution is -2.31. The van der Waals surface area contributed by atoms with Crippen molar-refractivity contribution in [3.05, 3.63) is 50.5 Å². The van der Waals surface area contributed by atoms with Gasteiger partial charge in [-0.05, 0) is 17.9 Å². The minimum Gasteiger partial charge on any atom is -0.310 e. The number of thioether (sulfide) groups is 1. The largest absolute Gasteiger partial charge is 0.310 e. The molecule has 0 aliphatic carbocycles. The van der Waals surface area contributed by atoms with Gasteiger partial charge in [-0.3, -0.25) is 9.59 Å². The molecule has 1 aliphatic heterocycles. The Balaban J connectivity index is 2.20. The van der Waals surface area contributed by atoms with Crippen LogP contribution in [0.15, 0.2) is 28.2 Å². The van der Waals surface area contributed by atoms with Crippen LogP contribution in [0.5, 0.6) is 0 Å². The van der Waals surface area contributed by atoms with Gasteiger partial charge in [0.05, 0.1) is 5.56 Å². The highest BCUT2D eigenvalue weighted by Crippen LogP contribution is 2.38. The number of carbonyl (C=O) groups is 1. The zero-order valence-electron chi connectivity index (χ0n) is 12.2. The molecule has 0 unspecified atom stereocenters. The second kappa shape index (κ2) is 6.33. The highest BCUT2D eigenvalue weighted by atomic mass is 35.5. The monoisotopic (exact) mass is 353 g/mol. The van der Waals surface area contributed by atoms with Crippen LogP contribution in [-0.4, -0.2) is 21.6 Å². The number of fused-ring (bicyclic) bond motifs is 1. The number of amides is 1. The van der Waals surface area contributed by atoms with Gasteiger partial charge in [0.1, 0.15) is 11.6 Å². The first-order valence-corrected chi connectivity index (χ1v) is 8.38. The molecule has 5 nitrogen and oxygen atoms in total. The molecule has 0 spiro atoms. The zero-order chi connectivity index (χ0) is 16.6. The molecule has 0 fully saturated rings. The number of anilines is 1. The smallest absolute Gasteiger partial charge is 0.257 e. The Morgan fingerprint density at radius 3 is 2.87 bits per heavy atom. The predicted molar refractivity (Wildman–Crippen MR) is 87.8 cm³/mol. The zero-order valence-corrected chi connectivity index (χ0v) is 13.7. The molecule has 1 aromatic carbocycles. The van der Waals surface area contributed by atoms with Crippen LogP contribution in [0.1, 0.15) is 30.4 Å². The predicted octanol–water partition coefficient (Wildman–Crippen LogP) is 3.15. The van der Waals surface area contributed by atoms with Gasteiger partial charge in [0.15, 0.2) is 5.16 Å². The van der Waals surface area contributed by atoms with E-state index in [1.54, 1.807) is 0 Å². The second-order valence-electron chi connectivity index (χ2n) is 5.01. The fourth-order valence-electron chi connectivity index (χ4n) is 2.65. The summed E-state index contributed by atoms with van der Waals surface area (Å²) >= 11 is 7.45. The highest BCUT2D eigenvalue weighted by Gasteiger charge is 2.33. The topological polar surface area (TPSA) is 74.8 Å². The van der Waals surface area contributed by atoms with Crippen LogP contribution >= 0.6 is 23.4 Å². The van der Waals surface area contributed by atoms with E-state index in [2.05, 4.69) is 15.3 Å². The Labute approximate surface area is 140 Å².